The lowest BCUT2D eigenvalue weighted by Crippen LogP contribution is -2.48. The Kier molecular flexibility index (Phi) is 4.18. The largest absolute Gasteiger partial charge is 0.331 e. The fourth-order valence-corrected chi connectivity index (χ4v) is 2.89. The van der Waals surface area contributed by atoms with Gasteiger partial charge in [-0.25, -0.2) is 9.98 Å². The van der Waals surface area contributed by atoms with Gasteiger partial charge in [0.25, 0.3) is 5.56 Å². The van der Waals surface area contributed by atoms with Crippen molar-refractivity contribution in [3.05, 3.63) is 88.1 Å². The fraction of sp³-hybridized carbons (Fsp3) is 0.158. The molecule has 3 aromatic rings. The highest BCUT2D eigenvalue weighted by molar-refractivity contribution is 5.93. The van der Waals surface area contributed by atoms with E-state index in [9.17, 15) is 4.79 Å². The number of benzene rings is 1. The van der Waals surface area contributed by atoms with E-state index in [-0.39, 0.29) is 5.56 Å². The zero-order chi connectivity index (χ0) is 17.9. The predicted molar refractivity (Wildman–Crippen MR) is 99.9 cm³/mol. The number of aliphatic imine (C=N–C) groups is 1. The first kappa shape index (κ1) is 16.0. The van der Waals surface area contributed by atoms with Gasteiger partial charge in [-0.15, -0.1) is 0 Å². The summed E-state index contributed by atoms with van der Waals surface area (Å²) < 4.78 is 1.57. The molecule has 130 valence electrons. The van der Waals surface area contributed by atoms with Crippen molar-refractivity contribution in [2.24, 2.45) is 4.99 Å². The van der Waals surface area contributed by atoms with E-state index in [4.69, 9.17) is 0 Å². The molecule has 0 fully saturated rings. The number of nitrogens with one attached hydrogen (secondary N) is 2. The van der Waals surface area contributed by atoms with Crippen LogP contribution in [-0.4, -0.2) is 20.5 Å². The summed E-state index contributed by atoms with van der Waals surface area (Å²) in [6.45, 7) is 2.32. The number of aryl methyl sites for hydroxylation is 1. The minimum atomic E-state index is -0.421. The zero-order valence-electron chi connectivity index (χ0n) is 14.3. The van der Waals surface area contributed by atoms with Crippen LogP contribution in [0.1, 0.15) is 23.0 Å². The van der Waals surface area contributed by atoms with Crippen LogP contribution in [0.5, 0.6) is 0 Å². The number of hydrogen-bond acceptors (Lipinski definition) is 4. The first-order valence-electron chi connectivity index (χ1n) is 8.33. The van der Waals surface area contributed by atoms with Gasteiger partial charge in [0.05, 0.1) is 6.54 Å². The summed E-state index contributed by atoms with van der Waals surface area (Å²) >= 11 is 0. The predicted octanol–water partition coefficient (Wildman–Crippen LogP) is 2.06. The molecule has 0 radical (unpaired) electrons. The average molecular weight is 346 g/mol. The first-order valence-corrected chi connectivity index (χ1v) is 8.33. The van der Waals surface area contributed by atoms with E-state index in [1.54, 1.807) is 23.9 Å². The maximum absolute atomic E-state index is 12.5. The number of anilines is 1. The molecule has 1 aliphatic heterocycles. The van der Waals surface area contributed by atoms with E-state index in [2.05, 4.69) is 25.6 Å². The quantitative estimate of drug-likeness (QED) is 0.758. The lowest BCUT2D eigenvalue weighted by atomic mass is 10.2. The Balaban J connectivity index is 1.73. The summed E-state index contributed by atoms with van der Waals surface area (Å²) in [5.74, 6) is 1.04. The van der Waals surface area contributed by atoms with Gasteiger partial charge in [-0.1, -0.05) is 36.4 Å². The standard InChI is InChI=1S/C19H18N6O/c1-13-10-16(26)25-17(15-8-5-9-20-12-15)23-18(24-19(25)22-13)21-11-14-6-3-2-4-7-14/h2-10,12,17H,11H2,1H3,(H2,21,22,23,24)/t17-/m1/s1. The molecule has 0 bridgehead atoms. The summed E-state index contributed by atoms with van der Waals surface area (Å²) in [6, 6.07) is 15.3. The SMILES string of the molecule is Cc1cc(=O)n2c(n1)NC(=NCc1ccccc1)N[C@H]2c1cccnc1. The summed E-state index contributed by atoms with van der Waals surface area (Å²) in [5.41, 5.74) is 2.48. The zero-order valence-corrected chi connectivity index (χ0v) is 14.3. The molecule has 2 N–H and O–H groups in total. The van der Waals surface area contributed by atoms with Crippen molar-refractivity contribution >= 4 is 11.9 Å². The van der Waals surface area contributed by atoms with E-state index < -0.39 is 6.17 Å². The Labute approximate surface area is 150 Å². The van der Waals surface area contributed by atoms with Crippen molar-refractivity contribution in [2.75, 3.05) is 5.32 Å². The third-order valence-electron chi connectivity index (χ3n) is 4.10. The van der Waals surface area contributed by atoms with E-state index in [0.717, 1.165) is 11.1 Å². The number of hydrogen-bond donors (Lipinski definition) is 2. The van der Waals surface area contributed by atoms with Gasteiger partial charge in [0, 0.05) is 29.7 Å². The van der Waals surface area contributed by atoms with Gasteiger partial charge in [-0.05, 0) is 18.6 Å². The number of rotatable bonds is 3. The van der Waals surface area contributed by atoms with Crippen LogP contribution in [0.3, 0.4) is 0 Å². The summed E-state index contributed by atoms with van der Waals surface area (Å²) in [6.07, 6.45) is 3.01. The molecule has 0 aliphatic carbocycles. The molecule has 7 heteroatoms. The lowest BCUT2D eigenvalue weighted by molar-refractivity contribution is 0.513. The third kappa shape index (κ3) is 3.19. The second kappa shape index (κ2) is 6.79. The highest BCUT2D eigenvalue weighted by atomic mass is 16.1. The van der Waals surface area contributed by atoms with E-state index in [1.807, 2.05) is 42.5 Å². The van der Waals surface area contributed by atoms with Crippen molar-refractivity contribution in [1.29, 1.82) is 0 Å². The van der Waals surface area contributed by atoms with Crippen LogP contribution in [0.2, 0.25) is 0 Å². The molecule has 2 aromatic heterocycles. The number of pyridine rings is 1. The molecule has 4 rings (SSSR count). The third-order valence-corrected chi connectivity index (χ3v) is 4.10. The smallest absolute Gasteiger partial charge is 0.257 e. The molecule has 1 aromatic carbocycles. The molecular weight excluding hydrogens is 328 g/mol. The van der Waals surface area contributed by atoms with Crippen LogP contribution in [0.15, 0.2) is 70.7 Å². The average Bonchev–Trinajstić information content (AvgIpc) is 2.67. The molecule has 0 amide bonds. The molecule has 1 atom stereocenters. The van der Waals surface area contributed by atoms with E-state index >= 15 is 0 Å². The molecule has 26 heavy (non-hydrogen) atoms. The maximum atomic E-state index is 12.5. The highest BCUT2D eigenvalue weighted by Gasteiger charge is 2.26. The van der Waals surface area contributed by atoms with Gasteiger partial charge < -0.3 is 5.32 Å². The normalized spacial score (nSPS) is 17.3. The minimum absolute atomic E-state index is 0.136. The van der Waals surface area contributed by atoms with Gasteiger partial charge >= 0.3 is 0 Å². The second-order valence-electron chi connectivity index (χ2n) is 6.04. The topological polar surface area (TPSA) is 84.2 Å². The second-order valence-corrected chi connectivity index (χ2v) is 6.04. The minimum Gasteiger partial charge on any atom is -0.331 e. The van der Waals surface area contributed by atoms with Crippen molar-refractivity contribution in [3.63, 3.8) is 0 Å². The number of aromatic nitrogens is 3. The van der Waals surface area contributed by atoms with Crippen LogP contribution >= 0.6 is 0 Å². The molecule has 0 spiro atoms. The van der Waals surface area contributed by atoms with Gasteiger partial charge in [0.1, 0.15) is 6.17 Å². The number of nitrogens with zero attached hydrogens (tertiary/aromatic N) is 4. The molecule has 0 saturated heterocycles. The van der Waals surface area contributed by atoms with Crippen LogP contribution in [-0.2, 0) is 6.54 Å². The number of guanidine groups is 1. The number of fused-ring (bicyclic) bond motifs is 1. The van der Waals surface area contributed by atoms with E-state index in [1.165, 1.54) is 6.07 Å². The Morgan fingerprint density at radius 2 is 2.04 bits per heavy atom. The summed E-state index contributed by atoms with van der Waals surface area (Å²) in [5, 5.41) is 6.40. The van der Waals surface area contributed by atoms with Crippen LogP contribution < -0.4 is 16.2 Å². The molecule has 0 unspecified atom stereocenters. The van der Waals surface area contributed by atoms with Gasteiger partial charge in [-0.2, -0.15) is 0 Å². The van der Waals surface area contributed by atoms with Crippen LogP contribution in [0.25, 0.3) is 0 Å². The molecule has 7 nitrogen and oxygen atoms in total. The van der Waals surface area contributed by atoms with Gasteiger partial charge in [-0.3, -0.25) is 19.7 Å². The van der Waals surface area contributed by atoms with Crippen molar-refractivity contribution in [1.82, 2.24) is 19.9 Å². The van der Waals surface area contributed by atoms with Gasteiger partial charge in [0.15, 0.2) is 5.96 Å². The summed E-state index contributed by atoms with van der Waals surface area (Å²) in [7, 11) is 0. The fourth-order valence-electron chi connectivity index (χ4n) is 2.89. The molecule has 0 saturated carbocycles. The lowest BCUT2D eigenvalue weighted by Gasteiger charge is -2.30. The van der Waals surface area contributed by atoms with Crippen molar-refractivity contribution in [2.45, 2.75) is 19.6 Å². The van der Waals surface area contributed by atoms with Crippen LogP contribution in [0.4, 0.5) is 5.95 Å². The Morgan fingerprint density at radius 1 is 1.19 bits per heavy atom. The Morgan fingerprint density at radius 3 is 2.81 bits per heavy atom. The van der Waals surface area contributed by atoms with E-state index in [0.29, 0.717) is 24.1 Å². The van der Waals surface area contributed by atoms with Crippen molar-refractivity contribution in [3.8, 4) is 0 Å². The highest BCUT2D eigenvalue weighted by Crippen LogP contribution is 2.20. The van der Waals surface area contributed by atoms with Gasteiger partial charge in [0.2, 0.25) is 5.95 Å². The maximum Gasteiger partial charge on any atom is 0.257 e. The molecule has 3 heterocycles. The monoisotopic (exact) mass is 346 g/mol. The van der Waals surface area contributed by atoms with Crippen LogP contribution in [0, 0.1) is 6.92 Å². The molecular formula is C19H18N6O. The Bertz CT molecular complexity index is 998. The van der Waals surface area contributed by atoms with Crippen molar-refractivity contribution < 1.29 is 0 Å². The summed E-state index contributed by atoms with van der Waals surface area (Å²) in [4.78, 5) is 25.8. The first-order chi connectivity index (χ1) is 12.7. The Hall–Kier alpha value is -3.48. The molecule has 1 aliphatic rings.